The lowest BCUT2D eigenvalue weighted by atomic mass is 9.99. The first-order valence-electron chi connectivity index (χ1n) is 7.30. The van der Waals surface area contributed by atoms with E-state index < -0.39 is 0 Å². The zero-order chi connectivity index (χ0) is 14.8. The number of nitrogens with zero attached hydrogens (tertiary/aromatic N) is 3. The Morgan fingerprint density at radius 3 is 2.71 bits per heavy atom. The van der Waals surface area contributed by atoms with E-state index in [-0.39, 0.29) is 0 Å². The van der Waals surface area contributed by atoms with E-state index in [1.54, 1.807) is 0 Å². The number of fused-ring (bicyclic) bond motifs is 1. The summed E-state index contributed by atoms with van der Waals surface area (Å²) in [6.45, 7) is 5.16. The normalized spacial score (nSPS) is 11.2. The van der Waals surface area contributed by atoms with Crippen LogP contribution in [0.1, 0.15) is 25.3 Å². The molecule has 1 heterocycles. The number of aryl methyl sites for hydroxylation is 2. The molecule has 3 aromatic rings. The molecule has 0 aliphatic carbocycles. The summed E-state index contributed by atoms with van der Waals surface area (Å²) in [5.74, 6) is 0. The van der Waals surface area contributed by atoms with Gasteiger partial charge in [-0.1, -0.05) is 54.4 Å². The number of hydrogen-bond acceptors (Lipinski definition) is 2. The smallest absolute Gasteiger partial charge is 0.122 e. The van der Waals surface area contributed by atoms with Crippen LogP contribution in [-0.4, -0.2) is 15.0 Å². The molecule has 0 bridgehead atoms. The maximum absolute atomic E-state index is 6.45. The first-order chi connectivity index (χ1) is 10.2. The Balaban J connectivity index is 2.21. The maximum Gasteiger partial charge on any atom is 0.122 e. The van der Waals surface area contributed by atoms with Gasteiger partial charge in [-0.3, -0.25) is 0 Å². The van der Waals surface area contributed by atoms with Crippen LogP contribution in [0.5, 0.6) is 0 Å². The Morgan fingerprint density at radius 2 is 1.95 bits per heavy atom. The van der Waals surface area contributed by atoms with E-state index in [2.05, 4.69) is 36.3 Å². The van der Waals surface area contributed by atoms with Crippen LogP contribution in [0, 0.1) is 6.92 Å². The highest BCUT2D eigenvalue weighted by molar-refractivity contribution is 6.34. The summed E-state index contributed by atoms with van der Waals surface area (Å²) < 4.78 is 1.97. The third-order valence-corrected chi connectivity index (χ3v) is 4.09. The van der Waals surface area contributed by atoms with Crippen LogP contribution in [0.4, 0.5) is 0 Å². The van der Waals surface area contributed by atoms with Crippen molar-refractivity contribution in [3.63, 3.8) is 0 Å². The summed E-state index contributed by atoms with van der Waals surface area (Å²) in [7, 11) is 0. The molecule has 0 fully saturated rings. The van der Waals surface area contributed by atoms with Gasteiger partial charge in [-0.2, -0.15) is 0 Å². The fourth-order valence-corrected chi connectivity index (χ4v) is 2.85. The predicted molar refractivity (Wildman–Crippen MR) is 87.6 cm³/mol. The van der Waals surface area contributed by atoms with Gasteiger partial charge in [-0.15, -0.1) is 5.10 Å². The van der Waals surface area contributed by atoms with Gasteiger partial charge >= 0.3 is 0 Å². The highest BCUT2D eigenvalue weighted by atomic mass is 35.5. The van der Waals surface area contributed by atoms with Gasteiger partial charge in [0.05, 0.1) is 10.5 Å². The molecule has 0 atom stereocenters. The number of aromatic nitrogens is 3. The van der Waals surface area contributed by atoms with Crippen LogP contribution in [0.25, 0.3) is 22.2 Å². The van der Waals surface area contributed by atoms with Gasteiger partial charge in [0.15, 0.2) is 0 Å². The van der Waals surface area contributed by atoms with Gasteiger partial charge < -0.3 is 0 Å². The zero-order valence-electron chi connectivity index (χ0n) is 12.3. The van der Waals surface area contributed by atoms with E-state index in [1.807, 2.05) is 28.9 Å². The van der Waals surface area contributed by atoms with Crippen LogP contribution in [0.3, 0.4) is 0 Å². The molecule has 21 heavy (non-hydrogen) atoms. The molecule has 0 amide bonds. The van der Waals surface area contributed by atoms with Gasteiger partial charge in [0.2, 0.25) is 0 Å². The molecular formula is C17H18ClN3. The third-order valence-electron chi connectivity index (χ3n) is 3.77. The van der Waals surface area contributed by atoms with Gasteiger partial charge in [0.25, 0.3) is 0 Å². The van der Waals surface area contributed by atoms with E-state index in [4.69, 9.17) is 11.6 Å². The van der Waals surface area contributed by atoms with Crippen molar-refractivity contribution < 1.29 is 0 Å². The first-order valence-corrected chi connectivity index (χ1v) is 7.68. The molecule has 3 nitrogen and oxygen atoms in total. The van der Waals surface area contributed by atoms with Crippen molar-refractivity contribution in [1.29, 1.82) is 0 Å². The van der Waals surface area contributed by atoms with Crippen molar-refractivity contribution in [3.05, 3.63) is 47.0 Å². The third kappa shape index (κ3) is 2.54. The maximum atomic E-state index is 6.45. The van der Waals surface area contributed by atoms with Crippen LogP contribution in [-0.2, 0) is 6.54 Å². The predicted octanol–water partition coefficient (Wildman–Crippen LogP) is 4.86. The Kier molecular flexibility index (Phi) is 3.93. The molecule has 108 valence electrons. The zero-order valence-corrected chi connectivity index (χ0v) is 13.1. The second-order valence-electron chi connectivity index (χ2n) is 5.27. The average Bonchev–Trinajstić information content (AvgIpc) is 2.89. The standard InChI is InChI=1S/C17H18ClN3/c1-3-4-11-21-15-10-9-14(18)16(17(15)19-20-21)13-8-6-5-7-12(13)2/h5-10H,3-4,11H2,1-2H3. The summed E-state index contributed by atoms with van der Waals surface area (Å²) in [5, 5.41) is 9.40. The van der Waals surface area contributed by atoms with Crippen molar-refractivity contribution in [2.75, 3.05) is 0 Å². The fourth-order valence-electron chi connectivity index (χ4n) is 2.59. The molecule has 4 heteroatoms. The summed E-state index contributed by atoms with van der Waals surface area (Å²) in [5.41, 5.74) is 5.22. The van der Waals surface area contributed by atoms with Crippen molar-refractivity contribution in [2.45, 2.75) is 33.2 Å². The van der Waals surface area contributed by atoms with Crippen LogP contribution in [0.2, 0.25) is 5.02 Å². The Bertz CT molecular complexity index is 777. The monoisotopic (exact) mass is 299 g/mol. The molecule has 0 aliphatic heterocycles. The second kappa shape index (κ2) is 5.86. The Labute approximate surface area is 129 Å². The summed E-state index contributed by atoms with van der Waals surface area (Å²) in [6, 6.07) is 12.2. The van der Waals surface area contributed by atoms with Crippen LogP contribution < -0.4 is 0 Å². The van der Waals surface area contributed by atoms with E-state index in [9.17, 15) is 0 Å². The molecule has 0 N–H and O–H groups in total. The molecule has 2 aromatic carbocycles. The highest BCUT2D eigenvalue weighted by Gasteiger charge is 2.15. The molecule has 0 spiro atoms. The molecule has 1 aromatic heterocycles. The van der Waals surface area contributed by atoms with Crippen molar-refractivity contribution in [3.8, 4) is 11.1 Å². The van der Waals surface area contributed by atoms with E-state index >= 15 is 0 Å². The molecule has 0 unspecified atom stereocenters. The molecule has 3 rings (SSSR count). The number of halogens is 1. The lowest BCUT2D eigenvalue weighted by Gasteiger charge is -2.09. The second-order valence-corrected chi connectivity index (χ2v) is 5.68. The fraction of sp³-hybridized carbons (Fsp3) is 0.294. The van der Waals surface area contributed by atoms with Gasteiger partial charge in [0.1, 0.15) is 5.52 Å². The number of unbranched alkanes of at least 4 members (excludes halogenated alkanes) is 1. The number of rotatable bonds is 4. The van der Waals surface area contributed by atoms with Crippen molar-refractivity contribution in [2.24, 2.45) is 0 Å². The topological polar surface area (TPSA) is 30.7 Å². The van der Waals surface area contributed by atoms with E-state index in [0.717, 1.165) is 46.6 Å². The molecular weight excluding hydrogens is 282 g/mol. The van der Waals surface area contributed by atoms with Gasteiger partial charge in [-0.25, -0.2) is 4.68 Å². The van der Waals surface area contributed by atoms with E-state index in [1.165, 1.54) is 5.56 Å². The highest BCUT2D eigenvalue weighted by Crippen LogP contribution is 2.35. The minimum Gasteiger partial charge on any atom is -0.245 e. The molecule has 0 saturated carbocycles. The summed E-state index contributed by atoms with van der Waals surface area (Å²) >= 11 is 6.45. The van der Waals surface area contributed by atoms with Crippen LogP contribution >= 0.6 is 11.6 Å². The summed E-state index contributed by atoms with van der Waals surface area (Å²) in [6.07, 6.45) is 2.24. The average molecular weight is 300 g/mol. The quantitative estimate of drug-likeness (QED) is 0.689. The molecule has 0 radical (unpaired) electrons. The lowest BCUT2D eigenvalue weighted by molar-refractivity contribution is 0.567. The molecule has 0 aliphatic rings. The summed E-state index contributed by atoms with van der Waals surface area (Å²) in [4.78, 5) is 0. The van der Waals surface area contributed by atoms with Crippen LogP contribution in [0.15, 0.2) is 36.4 Å². The number of benzene rings is 2. The number of hydrogen-bond donors (Lipinski definition) is 0. The van der Waals surface area contributed by atoms with Crippen molar-refractivity contribution in [1.82, 2.24) is 15.0 Å². The SMILES string of the molecule is CCCCn1nnc2c(-c3ccccc3C)c(Cl)ccc21. The van der Waals surface area contributed by atoms with Gasteiger partial charge in [-0.05, 0) is 36.6 Å². The minimum absolute atomic E-state index is 0.722. The minimum atomic E-state index is 0.722. The first kappa shape index (κ1) is 14.1. The van der Waals surface area contributed by atoms with E-state index in [0.29, 0.717) is 0 Å². The Morgan fingerprint density at radius 1 is 1.14 bits per heavy atom. The lowest BCUT2D eigenvalue weighted by Crippen LogP contribution is -1.99. The Hall–Kier alpha value is -1.87. The van der Waals surface area contributed by atoms with Crippen molar-refractivity contribution >= 4 is 22.6 Å². The molecule has 0 saturated heterocycles. The van der Waals surface area contributed by atoms with Gasteiger partial charge in [0, 0.05) is 12.1 Å². The largest absolute Gasteiger partial charge is 0.245 e.